The van der Waals surface area contributed by atoms with Gasteiger partial charge in [0, 0.05) is 28.9 Å². The maximum atomic E-state index is 10.3. The Kier molecular flexibility index (Phi) is 3.90. The van der Waals surface area contributed by atoms with E-state index in [4.69, 9.17) is 0 Å². The summed E-state index contributed by atoms with van der Waals surface area (Å²) in [5.41, 5.74) is 6.84. The van der Waals surface area contributed by atoms with Gasteiger partial charge in [-0.2, -0.15) is 0 Å². The average Bonchev–Trinajstić information content (AvgIpc) is 3.32. The highest BCUT2D eigenvalue weighted by Crippen LogP contribution is 2.44. The number of nitrogens with one attached hydrogen (secondary N) is 2. The molecule has 5 rings (SSSR count). The van der Waals surface area contributed by atoms with Crippen LogP contribution in [0.5, 0.6) is 5.75 Å². The van der Waals surface area contributed by atoms with E-state index < -0.39 is 0 Å². The molecule has 1 aliphatic heterocycles. The van der Waals surface area contributed by atoms with E-state index in [2.05, 4.69) is 83.4 Å². The van der Waals surface area contributed by atoms with Crippen molar-refractivity contribution in [1.29, 1.82) is 0 Å². The summed E-state index contributed by atoms with van der Waals surface area (Å²) in [5, 5.41) is 15.1. The first-order valence-corrected chi connectivity index (χ1v) is 9.80. The van der Waals surface area contributed by atoms with Crippen LogP contribution in [0.1, 0.15) is 28.2 Å². The largest absolute Gasteiger partial charge is 0.507 e. The van der Waals surface area contributed by atoms with Crippen molar-refractivity contribution >= 4 is 10.9 Å². The molecule has 3 atom stereocenters. The number of aromatic nitrogens is 1. The molecule has 0 fully saturated rings. The molecule has 0 saturated carbocycles. The molecular formula is C25H24N2O. The zero-order valence-electron chi connectivity index (χ0n) is 16.1. The first kappa shape index (κ1) is 16.9. The van der Waals surface area contributed by atoms with Gasteiger partial charge in [-0.25, -0.2) is 0 Å². The molecule has 3 unspecified atom stereocenters. The number of rotatable bonds is 3. The van der Waals surface area contributed by atoms with Crippen molar-refractivity contribution in [1.82, 2.24) is 10.3 Å². The Morgan fingerprint density at radius 3 is 2.57 bits per heavy atom. The predicted molar refractivity (Wildman–Crippen MR) is 114 cm³/mol. The van der Waals surface area contributed by atoms with Crippen LogP contribution in [0.25, 0.3) is 10.9 Å². The standard InChI is InChI=1S/C25H24N2O/c1-15-11-17(12-16(2)25(15)28)24(20-13-26-22-9-5-3-7-18(20)22)21-14-27-23-10-6-4-8-19(21)23/h3-14,18,22,24,26-28H,1-2H3. The first-order chi connectivity index (χ1) is 13.6. The van der Waals surface area contributed by atoms with Crippen molar-refractivity contribution < 1.29 is 5.11 Å². The molecule has 2 aliphatic rings. The predicted octanol–water partition coefficient (Wildman–Crippen LogP) is 5.22. The molecule has 3 heteroatoms. The fraction of sp³-hybridized carbons (Fsp3) is 0.200. The Labute approximate surface area is 165 Å². The van der Waals surface area contributed by atoms with Crippen molar-refractivity contribution in [2.75, 3.05) is 0 Å². The maximum absolute atomic E-state index is 10.3. The molecule has 3 N–H and O–H groups in total. The van der Waals surface area contributed by atoms with Crippen molar-refractivity contribution in [2.45, 2.75) is 25.8 Å². The van der Waals surface area contributed by atoms with Crippen molar-refractivity contribution in [3.63, 3.8) is 0 Å². The summed E-state index contributed by atoms with van der Waals surface area (Å²) in [5.74, 6) is 0.837. The van der Waals surface area contributed by atoms with Crippen molar-refractivity contribution in [2.24, 2.45) is 5.92 Å². The van der Waals surface area contributed by atoms with E-state index in [0.29, 0.717) is 17.7 Å². The minimum atomic E-state index is 0.118. The summed E-state index contributed by atoms with van der Waals surface area (Å²) < 4.78 is 0. The van der Waals surface area contributed by atoms with Crippen molar-refractivity contribution in [3.05, 3.63) is 101 Å². The number of para-hydroxylation sites is 1. The number of aromatic hydroxyl groups is 1. The molecule has 3 nitrogen and oxygen atoms in total. The van der Waals surface area contributed by atoms with Gasteiger partial charge in [0.1, 0.15) is 5.75 Å². The fourth-order valence-electron chi connectivity index (χ4n) is 4.69. The molecule has 2 heterocycles. The van der Waals surface area contributed by atoms with Crippen LogP contribution in [0.2, 0.25) is 0 Å². The second-order valence-corrected chi connectivity index (χ2v) is 7.86. The van der Waals surface area contributed by atoms with Gasteiger partial charge in [-0.1, -0.05) is 54.6 Å². The lowest BCUT2D eigenvalue weighted by atomic mass is 9.77. The van der Waals surface area contributed by atoms with Gasteiger partial charge >= 0.3 is 0 Å². The molecule has 0 spiro atoms. The Morgan fingerprint density at radius 1 is 1.00 bits per heavy atom. The highest BCUT2D eigenvalue weighted by molar-refractivity contribution is 5.85. The molecule has 0 radical (unpaired) electrons. The van der Waals surface area contributed by atoms with Crippen LogP contribution >= 0.6 is 0 Å². The lowest BCUT2D eigenvalue weighted by Gasteiger charge is -2.26. The quantitative estimate of drug-likeness (QED) is 0.593. The van der Waals surface area contributed by atoms with Crippen LogP contribution in [0, 0.1) is 19.8 Å². The Bertz CT molecular complexity index is 1130. The van der Waals surface area contributed by atoms with Gasteiger partial charge < -0.3 is 15.4 Å². The summed E-state index contributed by atoms with van der Waals surface area (Å²) in [6, 6.07) is 13.0. The van der Waals surface area contributed by atoms with Crippen LogP contribution in [0.3, 0.4) is 0 Å². The summed E-state index contributed by atoms with van der Waals surface area (Å²) >= 11 is 0. The zero-order chi connectivity index (χ0) is 19.3. The molecule has 140 valence electrons. The highest BCUT2D eigenvalue weighted by Gasteiger charge is 2.34. The number of aryl methyl sites for hydroxylation is 2. The van der Waals surface area contributed by atoms with E-state index in [-0.39, 0.29) is 5.92 Å². The number of hydrogen-bond donors (Lipinski definition) is 3. The second kappa shape index (κ2) is 6.45. The minimum Gasteiger partial charge on any atom is -0.507 e. The Morgan fingerprint density at radius 2 is 1.75 bits per heavy atom. The summed E-state index contributed by atoms with van der Waals surface area (Å²) in [7, 11) is 0. The number of hydrogen-bond acceptors (Lipinski definition) is 2. The van der Waals surface area contributed by atoms with E-state index >= 15 is 0 Å². The SMILES string of the molecule is Cc1cc(C(C2=CNC3C=CC=CC23)c2c[nH]c3ccccc23)cc(C)c1O. The number of fused-ring (bicyclic) bond motifs is 2. The van der Waals surface area contributed by atoms with Crippen LogP contribution in [0.15, 0.2) is 78.7 Å². The molecule has 2 aromatic carbocycles. The summed E-state index contributed by atoms with van der Waals surface area (Å²) in [6.07, 6.45) is 13.1. The number of H-pyrrole nitrogens is 1. The van der Waals surface area contributed by atoms with Crippen LogP contribution in [-0.4, -0.2) is 16.1 Å². The fourth-order valence-corrected chi connectivity index (χ4v) is 4.69. The van der Waals surface area contributed by atoms with E-state index in [0.717, 1.165) is 16.6 Å². The molecular weight excluding hydrogens is 344 g/mol. The molecule has 1 aromatic heterocycles. The lowest BCUT2D eigenvalue weighted by molar-refractivity contribution is 0.466. The van der Waals surface area contributed by atoms with Crippen LogP contribution < -0.4 is 5.32 Å². The average molecular weight is 368 g/mol. The zero-order valence-corrected chi connectivity index (χ0v) is 16.1. The summed E-state index contributed by atoms with van der Waals surface area (Å²) in [4.78, 5) is 3.45. The number of aromatic amines is 1. The molecule has 0 amide bonds. The molecule has 3 aromatic rings. The van der Waals surface area contributed by atoms with E-state index in [1.165, 1.54) is 22.1 Å². The summed E-state index contributed by atoms with van der Waals surface area (Å²) in [6.45, 7) is 3.96. The van der Waals surface area contributed by atoms with Gasteiger partial charge in [0.15, 0.2) is 0 Å². The van der Waals surface area contributed by atoms with Crippen LogP contribution in [-0.2, 0) is 0 Å². The minimum absolute atomic E-state index is 0.118. The lowest BCUT2D eigenvalue weighted by Crippen LogP contribution is -2.26. The smallest absolute Gasteiger partial charge is 0.121 e. The van der Waals surface area contributed by atoms with Gasteiger partial charge in [0.2, 0.25) is 0 Å². The molecule has 28 heavy (non-hydrogen) atoms. The number of phenolic OH excluding ortho intramolecular Hbond substituents is 1. The van der Waals surface area contributed by atoms with E-state index in [1.807, 2.05) is 13.8 Å². The van der Waals surface area contributed by atoms with Gasteiger partial charge in [0.05, 0.1) is 6.04 Å². The maximum Gasteiger partial charge on any atom is 0.121 e. The first-order valence-electron chi connectivity index (χ1n) is 9.80. The number of allylic oxidation sites excluding steroid dienone is 2. The topological polar surface area (TPSA) is 48.0 Å². The van der Waals surface area contributed by atoms with Gasteiger partial charge in [-0.3, -0.25) is 0 Å². The van der Waals surface area contributed by atoms with Gasteiger partial charge in [-0.15, -0.1) is 0 Å². The van der Waals surface area contributed by atoms with Crippen molar-refractivity contribution in [3.8, 4) is 5.75 Å². The number of benzene rings is 2. The molecule has 0 bridgehead atoms. The van der Waals surface area contributed by atoms with E-state index in [1.54, 1.807) is 0 Å². The Balaban J connectivity index is 1.72. The third-order valence-corrected chi connectivity index (χ3v) is 6.07. The highest BCUT2D eigenvalue weighted by atomic mass is 16.3. The Hall–Kier alpha value is -3.20. The normalized spacial score (nSPS) is 21.4. The second-order valence-electron chi connectivity index (χ2n) is 7.86. The van der Waals surface area contributed by atoms with Crippen LogP contribution in [0.4, 0.5) is 0 Å². The monoisotopic (exact) mass is 368 g/mol. The van der Waals surface area contributed by atoms with Gasteiger partial charge in [-0.05, 0) is 53.9 Å². The third-order valence-electron chi connectivity index (χ3n) is 6.07. The van der Waals surface area contributed by atoms with Gasteiger partial charge in [0.25, 0.3) is 0 Å². The van der Waals surface area contributed by atoms with E-state index in [9.17, 15) is 5.11 Å². The molecule has 0 saturated heterocycles. The molecule has 1 aliphatic carbocycles. The number of phenols is 1. The third kappa shape index (κ3) is 2.58.